The Morgan fingerprint density at radius 2 is 1.05 bits per heavy atom. The maximum Gasteiger partial charge on any atom is 0.0574 e. The molecule has 1 aromatic heterocycles. The summed E-state index contributed by atoms with van der Waals surface area (Å²) in [7, 11) is 6.38. The third kappa shape index (κ3) is 3.33. The van der Waals surface area contributed by atoms with E-state index in [0.717, 1.165) is 0 Å². The molecule has 0 atom stereocenters. The number of aromatic nitrogens is 1. The van der Waals surface area contributed by atoms with Crippen molar-refractivity contribution >= 4 is 49.0 Å². The summed E-state index contributed by atoms with van der Waals surface area (Å²) < 4.78 is 2.38. The molecule has 0 aliphatic rings. The van der Waals surface area contributed by atoms with Crippen molar-refractivity contribution in [2.45, 2.75) is 0 Å². The molecule has 0 fully saturated rings. The topological polar surface area (TPSA) is 8.17 Å². The van der Waals surface area contributed by atoms with E-state index in [4.69, 9.17) is 0 Å². The molecule has 0 aliphatic carbocycles. The molecule has 0 N–H and O–H groups in total. The monoisotopic (exact) mass is 476 g/mol. The normalized spacial score (nSPS) is 11.6. The number of benzene rings is 6. The van der Waals surface area contributed by atoms with Gasteiger partial charge in [-0.05, 0) is 62.7 Å². The van der Waals surface area contributed by atoms with Gasteiger partial charge in [0.2, 0.25) is 0 Å². The Labute approximate surface area is 217 Å². The van der Waals surface area contributed by atoms with Crippen LogP contribution in [0, 0.1) is 0 Å². The molecule has 0 saturated heterocycles. The van der Waals surface area contributed by atoms with Crippen molar-refractivity contribution in [1.29, 1.82) is 0 Å². The number of nitrogens with zero attached hydrogens (tertiary/aromatic N) is 2. The fourth-order valence-corrected chi connectivity index (χ4v) is 5.91. The summed E-state index contributed by atoms with van der Waals surface area (Å²) in [5, 5.41) is 7.89. The third-order valence-electron chi connectivity index (χ3n) is 7.76. The van der Waals surface area contributed by atoms with Crippen LogP contribution >= 0.6 is 0 Å². The quantitative estimate of drug-likeness (QED) is 0.231. The van der Waals surface area contributed by atoms with E-state index >= 15 is 0 Å². The van der Waals surface area contributed by atoms with Gasteiger partial charge in [-0.25, -0.2) is 0 Å². The van der Waals surface area contributed by atoms with Crippen LogP contribution in [0.2, 0.25) is 0 Å². The van der Waals surface area contributed by atoms with Gasteiger partial charge in [0.1, 0.15) is 0 Å². The predicted molar refractivity (Wildman–Crippen MR) is 161 cm³/mol. The second-order valence-corrected chi connectivity index (χ2v) is 10.1. The van der Waals surface area contributed by atoms with Crippen LogP contribution in [0.3, 0.4) is 0 Å². The van der Waals surface area contributed by atoms with Crippen molar-refractivity contribution in [1.82, 2.24) is 4.57 Å². The minimum Gasteiger partial charge on any atom is -0.378 e. The zero-order chi connectivity index (χ0) is 25.1. The van der Waals surface area contributed by atoms with Crippen molar-refractivity contribution < 1.29 is 0 Å². The first-order valence-corrected chi connectivity index (χ1v) is 12.8. The number of fused-ring (bicyclic) bond motifs is 8. The Kier molecular flexibility index (Phi) is 4.84. The maximum absolute atomic E-state index is 2.38. The van der Waals surface area contributed by atoms with E-state index in [9.17, 15) is 0 Å². The summed E-state index contributed by atoms with van der Waals surface area (Å²) >= 11 is 0. The zero-order valence-corrected chi connectivity index (χ0v) is 21.4. The van der Waals surface area contributed by atoms with Gasteiger partial charge >= 0.3 is 0 Å². The highest BCUT2D eigenvalue weighted by Crippen LogP contribution is 2.41. The second kappa shape index (κ2) is 8.25. The molecule has 178 valence electrons. The molecule has 6 aromatic carbocycles. The smallest absolute Gasteiger partial charge is 0.0574 e. The third-order valence-corrected chi connectivity index (χ3v) is 7.76. The Morgan fingerprint density at radius 3 is 1.76 bits per heavy atom. The molecule has 37 heavy (non-hydrogen) atoms. The van der Waals surface area contributed by atoms with Crippen molar-refractivity contribution in [2.24, 2.45) is 7.05 Å². The molecule has 2 nitrogen and oxygen atoms in total. The summed E-state index contributed by atoms with van der Waals surface area (Å²) in [6, 6.07) is 42.2. The number of hydrogen-bond donors (Lipinski definition) is 0. The van der Waals surface area contributed by atoms with E-state index in [0.29, 0.717) is 0 Å². The van der Waals surface area contributed by atoms with Gasteiger partial charge in [-0.1, -0.05) is 91.0 Å². The molecule has 0 saturated carbocycles. The average Bonchev–Trinajstić information content (AvgIpc) is 3.25. The molecule has 2 heteroatoms. The van der Waals surface area contributed by atoms with Gasteiger partial charge < -0.3 is 9.47 Å². The molecule has 1 heterocycles. The first kappa shape index (κ1) is 21.7. The molecule has 0 unspecified atom stereocenters. The van der Waals surface area contributed by atoms with Crippen molar-refractivity contribution in [3.05, 3.63) is 115 Å². The highest BCUT2D eigenvalue weighted by molar-refractivity contribution is 6.31. The summed E-state index contributed by atoms with van der Waals surface area (Å²) in [6.45, 7) is 0. The lowest BCUT2D eigenvalue weighted by atomic mass is 9.95. The lowest BCUT2D eigenvalue weighted by Crippen LogP contribution is -2.08. The predicted octanol–water partition coefficient (Wildman–Crippen LogP) is 9.04. The van der Waals surface area contributed by atoms with Crippen LogP contribution < -0.4 is 4.90 Å². The zero-order valence-electron chi connectivity index (χ0n) is 21.4. The van der Waals surface area contributed by atoms with Gasteiger partial charge in [0, 0.05) is 48.5 Å². The largest absolute Gasteiger partial charge is 0.378 e. The summed E-state index contributed by atoms with van der Waals surface area (Å²) in [4.78, 5) is 2.15. The highest BCUT2D eigenvalue weighted by atomic mass is 15.1. The summed E-state index contributed by atoms with van der Waals surface area (Å²) in [6.07, 6.45) is 0. The van der Waals surface area contributed by atoms with E-state index in [1.54, 1.807) is 0 Å². The van der Waals surface area contributed by atoms with Gasteiger partial charge in [-0.3, -0.25) is 0 Å². The van der Waals surface area contributed by atoms with Gasteiger partial charge in [-0.15, -0.1) is 0 Å². The second-order valence-electron chi connectivity index (χ2n) is 10.1. The Bertz CT molecular complexity index is 1970. The molecule has 0 spiro atoms. The standard InChI is InChI=1S/C35H28N2/c1-36(2)27-13-9-12-25(21-27)23-10-8-11-24(20-23)26-18-19-32-33(22-26)37(3)35-31-17-7-5-15-29(31)28-14-4-6-16-30(28)34(32)35/h4-22H,1-3H3. The van der Waals surface area contributed by atoms with E-state index in [2.05, 4.69) is 146 Å². The lowest BCUT2D eigenvalue weighted by molar-refractivity contribution is 1.02. The molecular weight excluding hydrogens is 448 g/mol. The fraction of sp³-hybridized carbons (Fsp3) is 0.0857. The number of anilines is 1. The molecule has 0 aliphatic heterocycles. The van der Waals surface area contributed by atoms with Crippen molar-refractivity contribution in [2.75, 3.05) is 19.0 Å². The number of rotatable bonds is 3. The first-order valence-electron chi connectivity index (χ1n) is 12.8. The van der Waals surface area contributed by atoms with E-state index in [1.807, 2.05) is 0 Å². The lowest BCUT2D eigenvalue weighted by Gasteiger charge is -2.14. The molecule has 7 rings (SSSR count). The van der Waals surface area contributed by atoms with Crippen LogP contribution in [0.5, 0.6) is 0 Å². The van der Waals surface area contributed by atoms with Crippen LogP contribution in [-0.4, -0.2) is 18.7 Å². The Balaban J connectivity index is 1.45. The van der Waals surface area contributed by atoms with Crippen LogP contribution in [0.4, 0.5) is 5.69 Å². The van der Waals surface area contributed by atoms with Crippen LogP contribution in [0.1, 0.15) is 0 Å². The first-order chi connectivity index (χ1) is 18.1. The van der Waals surface area contributed by atoms with Crippen molar-refractivity contribution in [3.8, 4) is 22.3 Å². The van der Waals surface area contributed by atoms with Crippen molar-refractivity contribution in [3.63, 3.8) is 0 Å². The molecule has 7 aromatic rings. The average molecular weight is 477 g/mol. The Morgan fingerprint density at radius 1 is 0.486 bits per heavy atom. The molecule has 0 bridgehead atoms. The van der Waals surface area contributed by atoms with E-state index in [1.165, 1.54) is 71.3 Å². The van der Waals surface area contributed by atoms with E-state index in [-0.39, 0.29) is 0 Å². The van der Waals surface area contributed by atoms with Gasteiger partial charge in [-0.2, -0.15) is 0 Å². The van der Waals surface area contributed by atoms with E-state index < -0.39 is 0 Å². The summed E-state index contributed by atoms with van der Waals surface area (Å²) in [5.41, 5.74) is 8.70. The fourth-order valence-electron chi connectivity index (χ4n) is 5.91. The minimum atomic E-state index is 1.21. The van der Waals surface area contributed by atoms with Crippen LogP contribution in [0.25, 0.3) is 65.6 Å². The number of aryl methyl sites for hydroxylation is 1. The molecular formula is C35H28N2. The highest BCUT2D eigenvalue weighted by Gasteiger charge is 2.16. The van der Waals surface area contributed by atoms with Gasteiger partial charge in [0.15, 0.2) is 0 Å². The van der Waals surface area contributed by atoms with Crippen LogP contribution in [-0.2, 0) is 7.05 Å². The SMILES string of the molecule is CN(C)c1cccc(-c2cccc(-c3ccc4c5c6ccccc6c6ccccc6c5n(C)c4c3)c2)c1. The van der Waals surface area contributed by atoms with Crippen LogP contribution in [0.15, 0.2) is 115 Å². The minimum absolute atomic E-state index is 1.21. The Hall–Kier alpha value is -4.56. The number of hydrogen-bond acceptors (Lipinski definition) is 1. The van der Waals surface area contributed by atoms with Gasteiger partial charge in [0.05, 0.1) is 5.52 Å². The maximum atomic E-state index is 2.38. The summed E-state index contributed by atoms with van der Waals surface area (Å²) in [5.74, 6) is 0. The molecule has 0 radical (unpaired) electrons. The van der Waals surface area contributed by atoms with Gasteiger partial charge in [0.25, 0.3) is 0 Å². The molecule has 0 amide bonds.